The van der Waals surface area contributed by atoms with Gasteiger partial charge in [-0.2, -0.15) is 8.78 Å². The molecule has 2 aromatic carbocycles. The summed E-state index contributed by atoms with van der Waals surface area (Å²) in [6.07, 6.45) is 0.394. The number of Topliss-reactive ketones (excluding diaryl/α,β-unsaturated/α-hetero) is 1. The highest BCUT2D eigenvalue weighted by Crippen LogP contribution is 2.78. The van der Waals surface area contributed by atoms with Crippen molar-refractivity contribution in [1.29, 1.82) is 0 Å². The van der Waals surface area contributed by atoms with Crippen LogP contribution in [0.15, 0.2) is 42.5 Å². The fourth-order valence-corrected chi connectivity index (χ4v) is 4.33. The number of ketones is 1. The number of phenolic OH excluding ortho intramolecular Hbond substituents is 1. The lowest BCUT2D eigenvalue weighted by Gasteiger charge is -2.72. The number of carbonyl (C=O) groups is 1. The minimum atomic E-state index is -3.70. The zero-order chi connectivity index (χ0) is 18.0. The number of hydrogen-bond acceptors (Lipinski definition) is 2. The summed E-state index contributed by atoms with van der Waals surface area (Å²) in [4.78, 5) is 12.2. The van der Waals surface area contributed by atoms with Gasteiger partial charge in [0.05, 0.1) is 5.56 Å². The molecule has 0 aromatic heterocycles. The Morgan fingerprint density at radius 1 is 1.00 bits per heavy atom. The summed E-state index contributed by atoms with van der Waals surface area (Å²) in [5.41, 5.74) is -1.81. The number of alkyl halides is 2. The van der Waals surface area contributed by atoms with E-state index in [-0.39, 0.29) is 25.0 Å². The SMILES string of the molecule is O=C(c1ccc(F)cc1F)C(F)(F)C12CC(c3ccc(O)cc3)(C1)C2. The summed E-state index contributed by atoms with van der Waals surface area (Å²) in [6.45, 7) is 0. The lowest BCUT2D eigenvalue weighted by atomic mass is 9.31. The van der Waals surface area contributed by atoms with Crippen molar-refractivity contribution in [2.24, 2.45) is 5.41 Å². The Bertz CT molecular complexity index is 854. The second-order valence-electron chi connectivity index (χ2n) is 7.17. The van der Waals surface area contributed by atoms with E-state index >= 15 is 0 Å². The number of halogens is 4. The van der Waals surface area contributed by atoms with E-state index in [4.69, 9.17) is 0 Å². The fraction of sp³-hybridized carbons (Fsp3) is 0.316. The largest absolute Gasteiger partial charge is 0.508 e. The standard InChI is InChI=1S/C19H14F4O2/c20-12-3-6-14(15(21)7-12)16(25)19(22,23)18-8-17(9-18,10-18)11-1-4-13(24)5-2-11/h1-7,24H,8-10H2. The van der Waals surface area contributed by atoms with Crippen LogP contribution in [0.3, 0.4) is 0 Å². The number of benzene rings is 2. The molecule has 0 radical (unpaired) electrons. The molecule has 0 spiro atoms. The second kappa shape index (κ2) is 4.84. The highest BCUT2D eigenvalue weighted by Gasteiger charge is 2.79. The van der Waals surface area contributed by atoms with E-state index in [0.29, 0.717) is 6.07 Å². The summed E-state index contributed by atoms with van der Waals surface area (Å²) in [6, 6.07) is 8.38. The molecule has 6 heteroatoms. The van der Waals surface area contributed by atoms with Gasteiger partial charge in [-0.25, -0.2) is 8.78 Å². The third-order valence-corrected chi connectivity index (χ3v) is 5.64. The summed E-state index contributed by atoms with van der Waals surface area (Å²) in [7, 11) is 0. The summed E-state index contributed by atoms with van der Waals surface area (Å²) in [5, 5.41) is 9.32. The molecule has 25 heavy (non-hydrogen) atoms. The first-order valence-corrected chi connectivity index (χ1v) is 7.86. The Kier molecular flexibility index (Phi) is 3.12. The first kappa shape index (κ1) is 16.1. The maximum atomic E-state index is 14.8. The van der Waals surface area contributed by atoms with E-state index in [2.05, 4.69) is 0 Å². The van der Waals surface area contributed by atoms with Crippen molar-refractivity contribution in [3.05, 3.63) is 65.2 Å². The Morgan fingerprint density at radius 3 is 2.16 bits per heavy atom. The topological polar surface area (TPSA) is 37.3 Å². The molecule has 3 fully saturated rings. The number of phenols is 1. The van der Waals surface area contributed by atoms with Gasteiger partial charge in [0.25, 0.3) is 0 Å². The zero-order valence-corrected chi connectivity index (χ0v) is 13.0. The van der Waals surface area contributed by atoms with Gasteiger partial charge in [0.2, 0.25) is 5.78 Å². The lowest BCUT2D eigenvalue weighted by Crippen LogP contribution is -2.73. The summed E-state index contributed by atoms with van der Waals surface area (Å²) < 4.78 is 56.2. The van der Waals surface area contributed by atoms with Crippen molar-refractivity contribution >= 4 is 5.78 Å². The molecule has 2 bridgehead atoms. The van der Waals surface area contributed by atoms with Crippen molar-refractivity contribution in [3.63, 3.8) is 0 Å². The van der Waals surface area contributed by atoms with E-state index in [1.165, 1.54) is 12.1 Å². The minimum Gasteiger partial charge on any atom is -0.508 e. The maximum absolute atomic E-state index is 14.8. The molecule has 0 saturated heterocycles. The van der Waals surface area contributed by atoms with Crippen LogP contribution < -0.4 is 0 Å². The molecule has 0 heterocycles. The van der Waals surface area contributed by atoms with Crippen LogP contribution in [-0.2, 0) is 5.41 Å². The average molecular weight is 350 g/mol. The van der Waals surface area contributed by atoms with E-state index in [1.807, 2.05) is 0 Å². The van der Waals surface area contributed by atoms with E-state index < -0.39 is 39.7 Å². The molecule has 2 aromatic rings. The van der Waals surface area contributed by atoms with Crippen LogP contribution in [0.2, 0.25) is 0 Å². The second-order valence-corrected chi connectivity index (χ2v) is 7.17. The third-order valence-electron chi connectivity index (χ3n) is 5.64. The third kappa shape index (κ3) is 2.06. The fourth-order valence-electron chi connectivity index (χ4n) is 4.33. The molecule has 5 rings (SSSR count). The molecule has 3 saturated carbocycles. The van der Waals surface area contributed by atoms with Crippen molar-refractivity contribution in [3.8, 4) is 5.75 Å². The summed E-state index contributed by atoms with van der Waals surface area (Å²) in [5.74, 6) is -7.40. The molecule has 130 valence electrons. The lowest BCUT2D eigenvalue weighted by molar-refractivity contribution is -0.256. The Labute approximate surface area is 141 Å². The van der Waals surface area contributed by atoms with Gasteiger partial charge in [0.1, 0.15) is 17.4 Å². The Morgan fingerprint density at radius 2 is 1.60 bits per heavy atom. The zero-order valence-electron chi connectivity index (χ0n) is 13.0. The Balaban J connectivity index is 1.57. The molecule has 3 aliphatic rings. The molecule has 3 aliphatic carbocycles. The van der Waals surface area contributed by atoms with Gasteiger partial charge in [-0.3, -0.25) is 4.79 Å². The molecular formula is C19H14F4O2. The van der Waals surface area contributed by atoms with Crippen molar-refractivity contribution in [2.75, 3.05) is 0 Å². The van der Waals surface area contributed by atoms with Crippen LogP contribution in [0.5, 0.6) is 5.75 Å². The molecule has 2 nitrogen and oxygen atoms in total. The molecule has 0 aliphatic heterocycles. The predicted octanol–water partition coefficient (Wildman–Crippen LogP) is 4.61. The van der Waals surface area contributed by atoms with E-state index in [0.717, 1.165) is 17.7 Å². The average Bonchev–Trinajstić information content (AvgIpc) is 2.45. The van der Waals surface area contributed by atoms with Crippen molar-refractivity contribution in [1.82, 2.24) is 0 Å². The highest BCUT2D eigenvalue weighted by atomic mass is 19.3. The highest BCUT2D eigenvalue weighted by molar-refractivity contribution is 6.02. The van der Waals surface area contributed by atoms with Gasteiger partial charge >= 0.3 is 5.92 Å². The van der Waals surface area contributed by atoms with Crippen LogP contribution in [0, 0.1) is 17.0 Å². The first-order chi connectivity index (χ1) is 11.7. The van der Waals surface area contributed by atoms with Crippen LogP contribution in [-0.4, -0.2) is 16.8 Å². The molecule has 0 atom stereocenters. The number of hydrogen-bond donors (Lipinski definition) is 1. The number of rotatable bonds is 4. The monoisotopic (exact) mass is 350 g/mol. The van der Waals surface area contributed by atoms with Gasteiger partial charge in [-0.1, -0.05) is 12.1 Å². The number of aromatic hydroxyl groups is 1. The first-order valence-electron chi connectivity index (χ1n) is 7.86. The van der Waals surface area contributed by atoms with Gasteiger partial charge in [-0.05, 0) is 54.5 Å². The summed E-state index contributed by atoms with van der Waals surface area (Å²) >= 11 is 0. The van der Waals surface area contributed by atoms with Crippen LogP contribution in [0.4, 0.5) is 17.6 Å². The van der Waals surface area contributed by atoms with E-state index in [1.54, 1.807) is 12.1 Å². The smallest absolute Gasteiger partial charge is 0.315 e. The molecule has 0 unspecified atom stereocenters. The maximum Gasteiger partial charge on any atom is 0.315 e. The Hall–Kier alpha value is -2.37. The molecule has 0 amide bonds. The quantitative estimate of drug-likeness (QED) is 0.646. The van der Waals surface area contributed by atoms with Gasteiger partial charge in [0.15, 0.2) is 0 Å². The minimum absolute atomic E-state index is 0.0948. The van der Waals surface area contributed by atoms with Crippen LogP contribution in [0.1, 0.15) is 35.2 Å². The molecular weight excluding hydrogens is 336 g/mol. The van der Waals surface area contributed by atoms with Crippen LogP contribution >= 0.6 is 0 Å². The normalized spacial score (nSPS) is 27.4. The van der Waals surface area contributed by atoms with Gasteiger partial charge in [0, 0.05) is 11.5 Å². The van der Waals surface area contributed by atoms with Crippen molar-refractivity contribution in [2.45, 2.75) is 30.6 Å². The number of carbonyl (C=O) groups excluding carboxylic acids is 1. The predicted molar refractivity (Wildman–Crippen MR) is 81.7 cm³/mol. The van der Waals surface area contributed by atoms with Crippen molar-refractivity contribution < 1.29 is 27.5 Å². The van der Waals surface area contributed by atoms with Crippen LogP contribution in [0.25, 0.3) is 0 Å². The van der Waals surface area contributed by atoms with E-state index in [9.17, 15) is 27.5 Å². The van der Waals surface area contributed by atoms with Gasteiger partial charge in [-0.15, -0.1) is 0 Å². The van der Waals surface area contributed by atoms with Gasteiger partial charge < -0.3 is 5.11 Å². The molecule has 1 N–H and O–H groups in total.